The van der Waals surface area contributed by atoms with Gasteiger partial charge in [0.1, 0.15) is 5.76 Å². The first-order chi connectivity index (χ1) is 13.2. The number of hydrogen-bond acceptors (Lipinski definition) is 5. The fourth-order valence-electron chi connectivity index (χ4n) is 4.30. The van der Waals surface area contributed by atoms with Crippen LogP contribution in [0.4, 0.5) is 10.7 Å². The molecule has 2 saturated heterocycles. The molecule has 1 aliphatic carbocycles. The highest BCUT2D eigenvalue weighted by Gasteiger charge is 2.36. The maximum absolute atomic E-state index is 12.7. The minimum atomic E-state index is -0.164. The van der Waals surface area contributed by atoms with Crippen molar-refractivity contribution in [2.45, 2.75) is 57.8 Å². The van der Waals surface area contributed by atoms with E-state index in [-0.39, 0.29) is 11.1 Å². The summed E-state index contributed by atoms with van der Waals surface area (Å²) in [6.07, 6.45) is 12.6. The van der Waals surface area contributed by atoms with Gasteiger partial charge in [-0.25, -0.2) is 0 Å². The molecule has 0 spiro atoms. The molecule has 2 amide bonds. The van der Waals surface area contributed by atoms with E-state index >= 15 is 0 Å². The molecule has 1 saturated carbocycles. The van der Waals surface area contributed by atoms with Crippen molar-refractivity contribution >= 4 is 34.9 Å². The molecule has 1 aromatic heterocycles. The number of furan rings is 1. The van der Waals surface area contributed by atoms with Crippen LogP contribution in [0.5, 0.6) is 0 Å². The van der Waals surface area contributed by atoms with Gasteiger partial charge < -0.3 is 9.32 Å². The van der Waals surface area contributed by atoms with Crippen molar-refractivity contribution in [2.24, 2.45) is 5.92 Å². The van der Waals surface area contributed by atoms with Crippen molar-refractivity contribution in [3.8, 4) is 0 Å². The zero-order valence-electron chi connectivity index (χ0n) is 15.8. The Morgan fingerprint density at radius 1 is 1.00 bits per heavy atom. The second-order valence-electron chi connectivity index (χ2n) is 7.87. The molecule has 6 heteroatoms. The van der Waals surface area contributed by atoms with Crippen LogP contribution in [0, 0.1) is 5.92 Å². The van der Waals surface area contributed by atoms with Gasteiger partial charge in [0.2, 0.25) is 0 Å². The molecule has 1 aromatic rings. The third kappa shape index (κ3) is 4.42. The molecule has 0 atom stereocenters. The summed E-state index contributed by atoms with van der Waals surface area (Å²) in [6, 6.07) is 3.87. The van der Waals surface area contributed by atoms with Crippen LogP contribution in [0.15, 0.2) is 21.5 Å². The van der Waals surface area contributed by atoms with E-state index in [2.05, 4.69) is 4.90 Å². The Balaban J connectivity index is 1.43. The lowest BCUT2D eigenvalue weighted by atomic mass is 9.89. The van der Waals surface area contributed by atoms with Gasteiger partial charge in [-0.3, -0.25) is 14.5 Å². The highest BCUT2D eigenvalue weighted by Crippen LogP contribution is 2.35. The number of thioether (sulfide) groups is 1. The Morgan fingerprint density at radius 2 is 1.70 bits per heavy atom. The van der Waals surface area contributed by atoms with Crippen molar-refractivity contribution < 1.29 is 14.0 Å². The fourth-order valence-corrected chi connectivity index (χ4v) is 5.12. The number of imide groups is 1. The zero-order chi connectivity index (χ0) is 18.6. The summed E-state index contributed by atoms with van der Waals surface area (Å²) in [6.45, 7) is 2.61. The first kappa shape index (κ1) is 18.7. The smallest absolute Gasteiger partial charge is 0.293 e. The van der Waals surface area contributed by atoms with Gasteiger partial charge in [-0.15, -0.1) is 0 Å². The van der Waals surface area contributed by atoms with Crippen LogP contribution in [0.1, 0.15) is 63.5 Å². The van der Waals surface area contributed by atoms with Crippen LogP contribution in [-0.4, -0.2) is 35.7 Å². The number of hydrogen-bond donors (Lipinski definition) is 0. The van der Waals surface area contributed by atoms with Gasteiger partial charge in [-0.2, -0.15) is 0 Å². The lowest BCUT2D eigenvalue weighted by molar-refractivity contribution is -0.123. The first-order valence-corrected chi connectivity index (χ1v) is 11.1. The predicted molar refractivity (Wildman–Crippen MR) is 109 cm³/mol. The molecule has 5 nitrogen and oxygen atoms in total. The summed E-state index contributed by atoms with van der Waals surface area (Å²) in [7, 11) is 0. The van der Waals surface area contributed by atoms with E-state index in [0.717, 1.165) is 43.6 Å². The molecule has 4 rings (SSSR count). The van der Waals surface area contributed by atoms with Gasteiger partial charge in [-0.1, -0.05) is 32.1 Å². The predicted octanol–water partition coefficient (Wildman–Crippen LogP) is 5.28. The minimum absolute atomic E-state index is 0.142. The third-order valence-corrected chi connectivity index (χ3v) is 6.75. The highest BCUT2D eigenvalue weighted by atomic mass is 32.2. The summed E-state index contributed by atoms with van der Waals surface area (Å²) in [4.78, 5) is 29.2. The van der Waals surface area contributed by atoms with Gasteiger partial charge in [0.15, 0.2) is 5.88 Å². The monoisotopic (exact) mass is 388 g/mol. The topological polar surface area (TPSA) is 53.8 Å². The average molecular weight is 389 g/mol. The lowest BCUT2D eigenvalue weighted by Gasteiger charge is -2.25. The maximum Gasteiger partial charge on any atom is 0.293 e. The van der Waals surface area contributed by atoms with E-state index in [1.54, 1.807) is 6.08 Å². The number of amides is 2. The molecule has 146 valence electrons. The summed E-state index contributed by atoms with van der Waals surface area (Å²) in [5.41, 5.74) is 0. The number of carbonyl (C=O) groups excluding carboxylic acids is 2. The van der Waals surface area contributed by atoms with Gasteiger partial charge in [0.05, 0.1) is 4.91 Å². The molecule has 0 unspecified atom stereocenters. The van der Waals surface area contributed by atoms with E-state index in [1.807, 2.05) is 12.1 Å². The number of nitrogens with zero attached hydrogens (tertiary/aromatic N) is 2. The molecule has 27 heavy (non-hydrogen) atoms. The molecular formula is C21H28N2O3S. The van der Waals surface area contributed by atoms with E-state index in [4.69, 9.17) is 4.42 Å². The number of rotatable bonds is 4. The average Bonchev–Trinajstić information content (AvgIpc) is 3.11. The number of carbonyl (C=O) groups is 2. The molecule has 3 fully saturated rings. The summed E-state index contributed by atoms with van der Waals surface area (Å²) >= 11 is 1.04. The van der Waals surface area contributed by atoms with E-state index in [9.17, 15) is 9.59 Å². The SMILES string of the molecule is O=C1SC(=Cc2ccc(N3CCCCCC3)o2)C(=O)N1CC1CCCCC1. The van der Waals surface area contributed by atoms with Crippen LogP contribution >= 0.6 is 11.8 Å². The van der Waals surface area contributed by atoms with Gasteiger partial charge in [0, 0.05) is 31.8 Å². The molecule has 0 bridgehead atoms. The fraction of sp³-hybridized carbons (Fsp3) is 0.619. The lowest BCUT2D eigenvalue weighted by Crippen LogP contribution is -2.34. The Bertz CT molecular complexity index is 713. The van der Waals surface area contributed by atoms with Crippen LogP contribution in [-0.2, 0) is 4.79 Å². The highest BCUT2D eigenvalue weighted by molar-refractivity contribution is 8.18. The normalized spacial score (nSPS) is 24.1. The third-order valence-electron chi connectivity index (χ3n) is 5.84. The molecule has 0 N–H and O–H groups in total. The quantitative estimate of drug-likeness (QED) is 0.657. The molecule has 3 heterocycles. The Morgan fingerprint density at radius 3 is 2.44 bits per heavy atom. The summed E-state index contributed by atoms with van der Waals surface area (Å²) in [5.74, 6) is 1.81. The van der Waals surface area contributed by atoms with E-state index in [0.29, 0.717) is 23.1 Å². The van der Waals surface area contributed by atoms with E-state index in [1.165, 1.54) is 49.8 Å². The minimum Gasteiger partial charge on any atom is -0.441 e. The molecule has 0 aromatic carbocycles. The van der Waals surface area contributed by atoms with Crippen molar-refractivity contribution in [3.05, 3.63) is 22.8 Å². The Hall–Kier alpha value is -1.69. The van der Waals surface area contributed by atoms with Crippen LogP contribution in [0.3, 0.4) is 0 Å². The summed E-state index contributed by atoms with van der Waals surface area (Å²) in [5, 5.41) is -0.142. The molecular weight excluding hydrogens is 360 g/mol. The second-order valence-corrected chi connectivity index (χ2v) is 8.87. The Kier molecular flexibility index (Phi) is 5.91. The van der Waals surface area contributed by atoms with Crippen molar-refractivity contribution in [3.63, 3.8) is 0 Å². The van der Waals surface area contributed by atoms with Gasteiger partial charge >= 0.3 is 0 Å². The van der Waals surface area contributed by atoms with Crippen LogP contribution in [0.25, 0.3) is 6.08 Å². The zero-order valence-corrected chi connectivity index (χ0v) is 16.6. The van der Waals surface area contributed by atoms with E-state index < -0.39 is 0 Å². The standard InChI is InChI=1S/C21H28N2O3S/c24-20-18(27-21(25)23(20)15-16-8-4-3-5-9-16)14-17-10-11-19(26-17)22-12-6-1-2-7-13-22/h10-11,14,16H,1-9,12-13,15H2. The summed E-state index contributed by atoms with van der Waals surface area (Å²) < 4.78 is 5.96. The molecule has 2 aliphatic heterocycles. The van der Waals surface area contributed by atoms with Gasteiger partial charge in [-0.05, 0) is 49.4 Å². The molecule has 0 radical (unpaired) electrons. The van der Waals surface area contributed by atoms with Crippen molar-refractivity contribution in [1.82, 2.24) is 4.90 Å². The van der Waals surface area contributed by atoms with Crippen molar-refractivity contribution in [2.75, 3.05) is 24.5 Å². The van der Waals surface area contributed by atoms with Crippen molar-refractivity contribution in [1.29, 1.82) is 0 Å². The van der Waals surface area contributed by atoms with Gasteiger partial charge in [0.25, 0.3) is 11.1 Å². The Labute approximate surface area is 165 Å². The molecule has 3 aliphatic rings. The maximum atomic E-state index is 12.7. The second kappa shape index (κ2) is 8.55. The first-order valence-electron chi connectivity index (χ1n) is 10.3. The van der Waals surface area contributed by atoms with Crippen LogP contribution < -0.4 is 4.90 Å². The number of anilines is 1. The van der Waals surface area contributed by atoms with Crippen LogP contribution in [0.2, 0.25) is 0 Å². The largest absolute Gasteiger partial charge is 0.441 e.